The summed E-state index contributed by atoms with van der Waals surface area (Å²) in [6.45, 7) is 1.71. The van der Waals surface area contributed by atoms with Crippen molar-refractivity contribution in [2.45, 2.75) is 20.1 Å². The summed E-state index contributed by atoms with van der Waals surface area (Å²) in [6, 6.07) is 3.35. The standard InChI is InChI=1S/C13H16N2O5/c1-8-14-12(20-15-8)7-19-13-10(17-2)4-9(6-16)5-11(13)18-3/h4-5,16H,6-7H2,1-3H3. The molecule has 0 unspecified atom stereocenters. The van der Waals surface area contributed by atoms with Crippen molar-refractivity contribution in [3.05, 3.63) is 29.4 Å². The van der Waals surface area contributed by atoms with Crippen LogP contribution in [-0.4, -0.2) is 29.5 Å². The van der Waals surface area contributed by atoms with Crippen molar-refractivity contribution < 1.29 is 23.8 Å². The van der Waals surface area contributed by atoms with E-state index in [1.54, 1.807) is 19.1 Å². The molecule has 0 saturated carbocycles. The summed E-state index contributed by atoms with van der Waals surface area (Å²) in [4.78, 5) is 4.05. The molecule has 0 bridgehead atoms. The van der Waals surface area contributed by atoms with Gasteiger partial charge in [-0.3, -0.25) is 0 Å². The Bertz CT molecular complexity index is 557. The fourth-order valence-corrected chi connectivity index (χ4v) is 1.70. The number of aliphatic hydroxyl groups excluding tert-OH is 1. The number of rotatable bonds is 6. The number of ether oxygens (including phenoxy) is 3. The molecular formula is C13H16N2O5. The molecule has 0 atom stereocenters. The number of hydrogen-bond acceptors (Lipinski definition) is 7. The van der Waals surface area contributed by atoms with Crippen LogP contribution in [0.1, 0.15) is 17.3 Å². The van der Waals surface area contributed by atoms with E-state index >= 15 is 0 Å². The summed E-state index contributed by atoms with van der Waals surface area (Å²) in [7, 11) is 3.03. The van der Waals surface area contributed by atoms with E-state index in [0.29, 0.717) is 34.5 Å². The molecule has 2 rings (SSSR count). The lowest BCUT2D eigenvalue weighted by atomic mass is 10.2. The monoisotopic (exact) mass is 280 g/mol. The highest BCUT2D eigenvalue weighted by molar-refractivity contribution is 5.53. The van der Waals surface area contributed by atoms with Gasteiger partial charge < -0.3 is 23.8 Å². The Kier molecular flexibility index (Phi) is 4.41. The van der Waals surface area contributed by atoms with E-state index in [1.165, 1.54) is 14.2 Å². The van der Waals surface area contributed by atoms with Gasteiger partial charge in [0.2, 0.25) is 5.75 Å². The van der Waals surface area contributed by atoms with E-state index in [0.717, 1.165) is 0 Å². The molecule has 1 aromatic carbocycles. The highest BCUT2D eigenvalue weighted by Crippen LogP contribution is 2.39. The van der Waals surface area contributed by atoms with Crippen molar-refractivity contribution in [3.63, 3.8) is 0 Å². The predicted octanol–water partition coefficient (Wildman–Crippen LogP) is 1.47. The maximum Gasteiger partial charge on any atom is 0.264 e. The van der Waals surface area contributed by atoms with Gasteiger partial charge in [-0.2, -0.15) is 4.98 Å². The average Bonchev–Trinajstić information content (AvgIpc) is 2.89. The van der Waals surface area contributed by atoms with Gasteiger partial charge in [0.1, 0.15) is 0 Å². The topological polar surface area (TPSA) is 86.8 Å². The van der Waals surface area contributed by atoms with Gasteiger partial charge in [0.15, 0.2) is 23.9 Å². The summed E-state index contributed by atoms with van der Waals surface area (Å²) >= 11 is 0. The summed E-state index contributed by atoms with van der Waals surface area (Å²) in [5.41, 5.74) is 0.666. The molecule has 0 saturated heterocycles. The quantitative estimate of drug-likeness (QED) is 0.857. The largest absolute Gasteiger partial charge is 0.493 e. The van der Waals surface area contributed by atoms with Gasteiger partial charge in [-0.05, 0) is 24.6 Å². The van der Waals surface area contributed by atoms with Crippen LogP contribution in [0, 0.1) is 6.92 Å². The zero-order valence-electron chi connectivity index (χ0n) is 11.5. The molecule has 0 amide bonds. The first-order valence-corrected chi connectivity index (χ1v) is 5.95. The van der Waals surface area contributed by atoms with Gasteiger partial charge in [0.05, 0.1) is 20.8 Å². The molecule has 20 heavy (non-hydrogen) atoms. The number of aromatic nitrogens is 2. The molecule has 2 aromatic rings. The van der Waals surface area contributed by atoms with E-state index in [-0.39, 0.29) is 13.2 Å². The van der Waals surface area contributed by atoms with Crippen LogP contribution >= 0.6 is 0 Å². The lowest BCUT2D eigenvalue weighted by molar-refractivity contribution is 0.222. The normalized spacial score (nSPS) is 10.4. The SMILES string of the molecule is COc1cc(CO)cc(OC)c1OCc1nc(C)no1. The minimum absolute atomic E-state index is 0.103. The Morgan fingerprint density at radius 3 is 2.30 bits per heavy atom. The minimum atomic E-state index is -0.115. The molecule has 1 N–H and O–H groups in total. The maximum atomic E-state index is 9.19. The molecule has 7 heteroatoms. The third-order valence-corrected chi connectivity index (χ3v) is 2.61. The van der Waals surface area contributed by atoms with Crippen LogP contribution in [0.2, 0.25) is 0 Å². The molecule has 0 fully saturated rings. The van der Waals surface area contributed by atoms with Crippen molar-refractivity contribution >= 4 is 0 Å². The van der Waals surface area contributed by atoms with Gasteiger partial charge in [0.25, 0.3) is 5.89 Å². The molecule has 7 nitrogen and oxygen atoms in total. The smallest absolute Gasteiger partial charge is 0.264 e. The number of hydrogen-bond donors (Lipinski definition) is 1. The van der Waals surface area contributed by atoms with Crippen LogP contribution in [0.3, 0.4) is 0 Å². The number of nitrogens with zero attached hydrogens (tertiary/aromatic N) is 2. The highest BCUT2D eigenvalue weighted by atomic mass is 16.5. The Balaban J connectivity index is 2.24. The molecule has 108 valence electrons. The van der Waals surface area contributed by atoms with Gasteiger partial charge in [-0.1, -0.05) is 5.16 Å². The Morgan fingerprint density at radius 1 is 1.20 bits per heavy atom. The van der Waals surface area contributed by atoms with E-state index in [9.17, 15) is 5.11 Å². The fourth-order valence-electron chi connectivity index (χ4n) is 1.70. The van der Waals surface area contributed by atoms with Crippen molar-refractivity contribution in [3.8, 4) is 17.2 Å². The molecule has 1 heterocycles. The van der Waals surface area contributed by atoms with E-state index in [1.807, 2.05) is 0 Å². The molecule has 0 spiro atoms. The molecular weight excluding hydrogens is 264 g/mol. The molecule has 1 aromatic heterocycles. The maximum absolute atomic E-state index is 9.19. The molecule has 0 radical (unpaired) electrons. The molecule has 0 aliphatic carbocycles. The van der Waals surface area contributed by atoms with Crippen LogP contribution in [0.4, 0.5) is 0 Å². The van der Waals surface area contributed by atoms with Crippen LogP contribution in [0.15, 0.2) is 16.7 Å². The zero-order valence-corrected chi connectivity index (χ0v) is 11.5. The minimum Gasteiger partial charge on any atom is -0.493 e. The lowest BCUT2D eigenvalue weighted by Crippen LogP contribution is -2.01. The number of benzene rings is 1. The van der Waals surface area contributed by atoms with Crippen molar-refractivity contribution in [2.75, 3.05) is 14.2 Å². The highest BCUT2D eigenvalue weighted by Gasteiger charge is 2.15. The second-order valence-electron chi connectivity index (χ2n) is 4.01. The van der Waals surface area contributed by atoms with E-state index in [4.69, 9.17) is 18.7 Å². The second-order valence-corrected chi connectivity index (χ2v) is 4.01. The Labute approximate surface area is 116 Å². The summed E-state index contributed by atoms with van der Waals surface area (Å²) < 4.78 is 21.1. The number of aryl methyl sites for hydroxylation is 1. The van der Waals surface area contributed by atoms with Crippen LogP contribution in [0.5, 0.6) is 17.2 Å². The van der Waals surface area contributed by atoms with Crippen LogP contribution in [-0.2, 0) is 13.2 Å². The van der Waals surface area contributed by atoms with Crippen LogP contribution < -0.4 is 14.2 Å². The molecule has 0 aliphatic rings. The second kappa shape index (κ2) is 6.25. The van der Waals surface area contributed by atoms with Gasteiger partial charge in [-0.15, -0.1) is 0 Å². The number of aliphatic hydroxyl groups is 1. The van der Waals surface area contributed by atoms with E-state index in [2.05, 4.69) is 10.1 Å². The Hall–Kier alpha value is -2.28. The van der Waals surface area contributed by atoms with Gasteiger partial charge >= 0.3 is 0 Å². The predicted molar refractivity (Wildman–Crippen MR) is 68.8 cm³/mol. The van der Waals surface area contributed by atoms with Crippen molar-refractivity contribution in [1.82, 2.24) is 10.1 Å². The van der Waals surface area contributed by atoms with Crippen molar-refractivity contribution in [2.24, 2.45) is 0 Å². The van der Waals surface area contributed by atoms with Crippen molar-refractivity contribution in [1.29, 1.82) is 0 Å². The summed E-state index contributed by atoms with van der Waals surface area (Å²) in [5.74, 6) is 2.24. The first-order chi connectivity index (χ1) is 9.67. The summed E-state index contributed by atoms with van der Waals surface area (Å²) in [6.07, 6.45) is 0. The van der Waals surface area contributed by atoms with E-state index < -0.39 is 0 Å². The van der Waals surface area contributed by atoms with Gasteiger partial charge in [0, 0.05) is 0 Å². The van der Waals surface area contributed by atoms with Crippen LogP contribution in [0.25, 0.3) is 0 Å². The van der Waals surface area contributed by atoms with Gasteiger partial charge in [-0.25, -0.2) is 0 Å². The third kappa shape index (κ3) is 3.00. The first kappa shape index (κ1) is 14.1. The fraction of sp³-hybridized carbons (Fsp3) is 0.385. The lowest BCUT2D eigenvalue weighted by Gasteiger charge is -2.14. The summed E-state index contributed by atoms with van der Waals surface area (Å²) in [5, 5.41) is 12.9. The number of methoxy groups -OCH3 is 2. The Morgan fingerprint density at radius 2 is 1.85 bits per heavy atom. The average molecular weight is 280 g/mol. The zero-order chi connectivity index (χ0) is 14.5. The molecule has 0 aliphatic heterocycles. The first-order valence-electron chi connectivity index (χ1n) is 5.95. The third-order valence-electron chi connectivity index (χ3n) is 2.61.